The molecule has 0 saturated heterocycles. The third-order valence-electron chi connectivity index (χ3n) is 2.35. The first-order chi connectivity index (χ1) is 8.03. The van der Waals surface area contributed by atoms with Crippen LogP contribution in [-0.2, 0) is 9.53 Å². The van der Waals surface area contributed by atoms with Crippen molar-refractivity contribution in [2.24, 2.45) is 0 Å². The van der Waals surface area contributed by atoms with Crippen molar-refractivity contribution in [1.29, 1.82) is 0 Å². The van der Waals surface area contributed by atoms with Gasteiger partial charge in [0.1, 0.15) is 10.3 Å². The molecule has 0 amide bonds. The molecule has 0 saturated carbocycles. The van der Waals surface area contributed by atoms with Crippen LogP contribution in [0, 0.1) is 0 Å². The van der Waals surface area contributed by atoms with Gasteiger partial charge in [-0.2, -0.15) is 0 Å². The first kappa shape index (κ1) is 12.0. The fourth-order valence-electron chi connectivity index (χ4n) is 1.48. The second-order valence-electron chi connectivity index (χ2n) is 4.09. The Balaban J connectivity index is 2.25. The van der Waals surface area contributed by atoms with Crippen molar-refractivity contribution in [2.75, 3.05) is 7.11 Å². The van der Waals surface area contributed by atoms with Gasteiger partial charge < -0.3 is 9.15 Å². The number of hydrogen-bond donors (Lipinski definition) is 0. The smallest absolute Gasteiger partial charge is 0.321 e. The maximum Gasteiger partial charge on any atom is 0.321 e. The van der Waals surface area contributed by atoms with Crippen LogP contribution in [0.5, 0.6) is 0 Å². The van der Waals surface area contributed by atoms with Crippen molar-refractivity contribution in [2.45, 2.75) is 23.5 Å². The molecule has 0 aliphatic carbocycles. The summed E-state index contributed by atoms with van der Waals surface area (Å²) in [7, 11) is 1.39. The van der Waals surface area contributed by atoms with Crippen LogP contribution in [0.4, 0.5) is 0 Å². The fourth-order valence-corrected chi connectivity index (χ4v) is 2.54. The number of thioether (sulfide) groups is 1. The van der Waals surface area contributed by atoms with Crippen LogP contribution >= 0.6 is 11.8 Å². The molecule has 1 aromatic heterocycles. The number of esters is 1. The zero-order chi connectivity index (χ0) is 12.5. The molecule has 90 valence electrons. The zero-order valence-corrected chi connectivity index (χ0v) is 10.7. The summed E-state index contributed by atoms with van der Waals surface area (Å²) < 4.78 is 9.36. The SMILES string of the molecule is COC(=O)C(C)(C)Sc1ccc2ncoc2c1. The minimum Gasteiger partial charge on any atom is -0.468 e. The molecule has 5 heteroatoms. The lowest BCUT2D eigenvalue weighted by Crippen LogP contribution is -2.28. The molecule has 1 heterocycles. The quantitative estimate of drug-likeness (QED) is 0.620. The van der Waals surface area contributed by atoms with E-state index in [4.69, 9.17) is 9.15 Å². The second-order valence-corrected chi connectivity index (χ2v) is 5.78. The molecule has 0 unspecified atom stereocenters. The number of aromatic nitrogens is 1. The molecule has 2 rings (SSSR count). The average molecular weight is 251 g/mol. The molecule has 1 aromatic carbocycles. The summed E-state index contributed by atoms with van der Waals surface area (Å²) in [6, 6.07) is 5.66. The Labute approximate surface area is 103 Å². The Bertz CT molecular complexity index is 547. The lowest BCUT2D eigenvalue weighted by molar-refractivity contribution is -0.142. The summed E-state index contributed by atoms with van der Waals surface area (Å²) in [5.74, 6) is -0.250. The Hall–Kier alpha value is -1.49. The van der Waals surface area contributed by atoms with Crippen molar-refractivity contribution in [1.82, 2.24) is 4.98 Å². The van der Waals surface area contributed by atoms with Crippen molar-refractivity contribution in [3.63, 3.8) is 0 Å². The van der Waals surface area contributed by atoms with Gasteiger partial charge in [-0.05, 0) is 32.0 Å². The zero-order valence-electron chi connectivity index (χ0n) is 9.89. The highest BCUT2D eigenvalue weighted by atomic mass is 32.2. The molecule has 0 aliphatic heterocycles. The number of methoxy groups -OCH3 is 1. The molecule has 0 fully saturated rings. The number of benzene rings is 1. The lowest BCUT2D eigenvalue weighted by Gasteiger charge is -2.20. The van der Waals surface area contributed by atoms with Gasteiger partial charge >= 0.3 is 5.97 Å². The number of carbonyl (C=O) groups excluding carboxylic acids is 1. The molecule has 0 N–H and O–H groups in total. The normalized spacial score (nSPS) is 11.7. The largest absolute Gasteiger partial charge is 0.468 e. The van der Waals surface area contributed by atoms with E-state index >= 15 is 0 Å². The van der Waals surface area contributed by atoms with Crippen LogP contribution in [0.25, 0.3) is 11.1 Å². The van der Waals surface area contributed by atoms with Crippen molar-refractivity contribution in [3.8, 4) is 0 Å². The molecule has 0 atom stereocenters. The molecule has 17 heavy (non-hydrogen) atoms. The molecule has 0 aliphatic rings. The van der Waals surface area contributed by atoms with E-state index in [9.17, 15) is 4.79 Å². The van der Waals surface area contributed by atoms with Crippen LogP contribution in [0.2, 0.25) is 0 Å². The number of nitrogens with zero attached hydrogens (tertiary/aromatic N) is 1. The molecule has 0 bridgehead atoms. The van der Waals surface area contributed by atoms with Gasteiger partial charge in [-0.3, -0.25) is 4.79 Å². The Morgan fingerprint density at radius 1 is 1.47 bits per heavy atom. The summed E-state index contributed by atoms with van der Waals surface area (Å²) >= 11 is 1.43. The first-order valence-corrected chi connectivity index (χ1v) is 5.95. The van der Waals surface area contributed by atoms with Gasteiger partial charge in [-0.15, -0.1) is 11.8 Å². The summed E-state index contributed by atoms with van der Waals surface area (Å²) in [5, 5.41) is 0. The van der Waals surface area contributed by atoms with Crippen molar-refractivity contribution < 1.29 is 13.9 Å². The first-order valence-electron chi connectivity index (χ1n) is 5.13. The van der Waals surface area contributed by atoms with E-state index < -0.39 is 4.75 Å². The number of hydrogen-bond acceptors (Lipinski definition) is 5. The van der Waals surface area contributed by atoms with E-state index in [1.807, 2.05) is 32.0 Å². The molecular weight excluding hydrogens is 238 g/mol. The average Bonchev–Trinajstić information content (AvgIpc) is 2.74. The van der Waals surface area contributed by atoms with E-state index in [1.54, 1.807) is 0 Å². The standard InChI is InChI=1S/C12H13NO3S/c1-12(2,11(14)15-3)17-8-4-5-9-10(6-8)16-7-13-9/h4-7H,1-3H3. The van der Waals surface area contributed by atoms with Crippen molar-refractivity contribution >= 4 is 28.8 Å². The van der Waals surface area contributed by atoms with E-state index in [1.165, 1.54) is 25.3 Å². The number of ether oxygens (including phenoxy) is 1. The lowest BCUT2D eigenvalue weighted by atomic mass is 10.2. The predicted molar refractivity (Wildman–Crippen MR) is 66.0 cm³/mol. The topological polar surface area (TPSA) is 52.3 Å². The fraction of sp³-hybridized carbons (Fsp3) is 0.333. The summed E-state index contributed by atoms with van der Waals surface area (Å²) in [6.45, 7) is 3.65. The second kappa shape index (κ2) is 4.41. The van der Waals surface area contributed by atoms with E-state index in [0.29, 0.717) is 0 Å². The molecule has 4 nitrogen and oxygen atoms in total. The summed E-state index contributed by atoms with van der Waals surface area (Å²) in [4.78, 5) is 16.6. The Kier molecular flexibility index (Phi) is 3.11. The van der Waals surface area contributed by atoms with Crippen LogP contribution in [0.15, 0.2) is 33.9 Å². The van der Waals surface area contributed by atoms with Gasteiger partial charge in [-0.1, -0.05) is 0 Å². The molecule has 2 aromatic rings. The van der Waals surface area contributed by atoms with Crippen LogP contribution < -0.4 is 0 Å². The predicted octanol–water partition coefficient (Wildman–Crippen LogP) is 2.87. The Morgan fingerprint density at radius 3 is 2.94 bits per heavy atom. The van der Waals surface area contributed by atoms with E-state index in [-0.39, 0.29) is 5.97 Å². The van der Waals surface area contributed by atoms with Crippen LogP contribution in [0.3, 0.4) is 0 Å². The van der Waals surface area contributed by atoms with Crippen molar-refractivity contribution in [3.05, 3.63) is 24.6 Å². The minimum absolute atomic E-state index is 0.250. The minimum atomic E-state index is -0.623. The summed E-state index contributed by atoms with van der Waals surface area (Å²) in [6.07, 6.45) is 1.41. The van der Waals surface area contributed by atoms with E-state index in [0.717, 1.165) is 16.0 Å². The number of fused-ring (bicyclic) bond motifs is 1. The monoisotopic (exact) mass is 251 g/mol. The molecular formula is C12H13NO3S. The van der Waals surface area contributed by atoms with Crippen LogP contribution in [-0.4, -0.2) is 22.8 Å². The van der Waals surface area contributed by atoms with Gasteiger partial charge in [0.2, 0.25) is 0 Å². The molecule has 0 spiro atoms. The third-order valence-corrected chi connectivity index (χ3v) is 3.52. The number of oxazole rings is 1. The number of carbonyl (C=O) groups is 1. The van der Waals surface area contributed by atoms with Crippen LogP contribution in [0.1, 0.15) is 13.8 Å². The molecule has 0 radical (unpaired) electrons. The number of rotatable bonds is 3. The maximum atomic E-state index is 11.6. The maximum absolute atomic E-state index is 11.6. The van der Waals surface area contributed by atoms with Gasteiger partial charge in [0.15, 0.2) is 12.0 Å². The van der Waals surface area contributed by atoms with Gasteiger partial charge in [0.25, 0.3) is 0 Å². The van der Waals surface area contributed by atoms with Gasteiger partial charge in [-0.25, -0.2) is 4.98 Å². The highest BCUT2D eigenvalue weighted by molar-refractivity contribution is 8.01. The highest BCUT2D eigenvalue weighted by Gasteiger charge is 2.30. The highest BCUT2D eigenvalue weighted by Crippen LogP contribution is 2.34. The third kappa shape index (κ3) is 2.44. The van der Waals surface area contributed by atoms with Gasteiger partial charge in [0.05, 0.1) is 7.11 Å². The Morgan fingerprint density at radius 2 is 2.24 bits per heavy atom. The summed E-state index contributed by atoms with van der Waals surface area (Å²) in [5.41, 5.74) is 1.53. The van der Waals surface area contributed by atoms with E-state index in [2.05, 4.69) is 4.98 Å². The van der Waals surface area contributed by atoms with Gasteiger partial charge in [0, 0.05) is 4.90 Å².